The molecule has 2 aliphatic rings. The first-order valence-corrected chi connectivity index (χ1v) is 8.67. The maximum absolute atomic E-state index is 12.4. The fourth-order valence-corrected chi connectivity index (χ4v) is 3.15. The number of non-ortho nitro benzene ring substituents is 1. The smallest absolute Gasteiger partial charge is 0.316 e. The highest BCUT2D eigenvalue weighted by Gasteiger charge is 2.37. The van der Waals surface area contributed by atoms with Crippen molar-refractivity contribution in [1.82, 2.24) is 0 Å². The van der Waals surface area contributed by atoms with E-state index in [1.54, 1.807) is 18.2 Å². The van der Waals surface area contributed by atoms with Gasteiger partial charge in [-0.25, -0.2) is 0 Å². The van der Waals surface area contributed by atoms with Crippen molar-refractivity contribution in [2.75, 3.05) is 24.7 Å². The maximum Gasteiger partial charge on any atom is 0.316 e. The van der Waals surface area contributed by atoms with Crippen LogP contribution >= 0.6 is 0 Å². The molecule has 0 N–H and O–H groups in total. The summed E-state index contributed by atoms with van der Waals surface area (Å²) in [6, 6.07) is 10.4. The zero-order valence-electron chi connectivity index (χ0n) is 14.7. The largest absolute Gasteiger partial charge is 0.486 e. The van der Waals surface area contributed by atoms with E-state index in [0.29, 0.717) is 30.4 Å². The standard InChI is InChI=1S/C19H16N2O7/c22-18-9-12(19(23)28-15-4-1-13(2-5-15)21(24)25)11-20(18)14-3-6-16-17(10-14)27-8-7-26-16/h1-6,10,12H,7-9,11H2/t12-/m1/s1. The second kappa shape index (κ2) is 7.18. The van der Waals surface area contributed by atoms with E-state index in [1.165, 1.54) is 29.2 Å². The van der Waals surface area contributed by atoms with Crippen LogP contribution in [0.4, 0.5) is 11.4 Å². The molecular formula is C19H16N2O7. The van der Waals surface area contributed by atoms with Crippen molar-refractivity contribution >= 4 is 23.3 Å². The Bertz CT molecular complexity index is 942. The van der Waals surface area contributed by atoms with Gasteiger partial charge in [0.1, 0.15) is 19.0 Å². The van der Waals surface area contributed by atoms with E-state index in [4.69, 9.17) is 14.2 Å². The van der Waals surface area contributed by atoms with Crippen LogP contribution in [0.1, 0.15) is 6.42 Å². The lowest BCUT2D eigenvalue weighted by Gasteiger charge is -2.22. The van der Waals surface area contributed by atoms with Crippen LogP contribution in [-0.2, 0) is 9.59 Å². The second-order valence-electron chi connectivity index (χ2n) is 6.41. The van der Waals surface area contributed by atoms with E-state index >= 15 is 0 Å². The normalized spacial score (nSPS) is 18.1. The highest BCUT2D eigenvalue weighted by Crippen LogP contribution is 2.36. The number of nitro benzene ring substituents is 1. The fraction of sp³-hybridized carbons (Fsp3) is 0.263. The van der Waals surface area contributed by atoms with Crippen LogP contribution in [0.25, 0.3) is 0 Å². The van der Waals surface area contributed by atoms with Gasteiger partial charge in [-0.3, -0.25) is 19.7 Å². The van der Waals surface area contributed by atoms with Gasteiger partial charge in [-0.05, 0) is 24.3 Å². The molecule has 0 spiro atoms. The van der Waals surface area contributed by atoms with Crippen LogP contribution in [0.3, 0.4) is 0 Å². The van der Waals surface area contributed by atoms with Crippen molar-refractivity contribution in [2.24, 2.45) is 5.92 Å². The molecule has 0 saturated carbocycles. The second-order valence-corrected chi connectivity index (χ2v) is 6.41. The maximum atomic E-state index is 12.4. The van der Waals surface area contributed by atoms with Crippen LogP contribution in [0.15, 0.2) is 42.5 Å². The number of rotatable bonds is 4. The predicted octanol–water partition coefficient (Wildman–Crippen LogP) is 2.32. The monoisotopic (exact) mass is 384 g/mol. The highest BCUT2D eigenvalue weighted by molar-refractivity contribution is 6.00. The van der Waals surface area contributed by atoms with Crippen molar-refractivity contribution in [3.05, 3.63) is 52.6 Å². The van der Waals surface area contributed by atoms with E-state index in [0.717, 1.165) is 0 Å². The van der Waals surface area contributed by atoms with E-state index < -0.39 is 16.8 Å². The number of benzene rings is 2. The summed E-state index contributed by atoms with van der Waals surface area (Å²) in [7, 11) is 0. The molecule has 28 heavy (non-hydrogen) atoms. The highest BCUT2D eigenvalue weighted by atomic mass is 16.6. The number of carbonyl (C=O) groups excluding carboxylic acids is 2. The minimum atomic E-state index is -0.629. The lowest BCUT2D eigenvalue weighted by Crippen LogP contribution is -2.27. The summed E-state index contributed by atoms with van der Waals surface area (Å²) in [5.74, 6) is 0.00512. The van der Waals surface area contributed by atoms with E-state index in [2.05, 4.69) is 0 Å². The number of ether oxygens (including phenoxy) is 3. The Morgan fingerprint density at radius 3 is 2.54 bits per heavy atom. The Morgan fingerprint density at radius 1 is 1.11 bits per heavy atom. The number of anilines is 1. The SMILES string of the molecule is O=C(Oc1ccc([N+](=O)[O-])cc1)[C@@H]1CC(=O)N(c2ccc3c(c2)OCCO3)C1. The van der Waals surface area contributed by atoms with Gasteiger partial charge < -0.3 is 19.1 Å². The zero-order valence-corrected chi connectivity index (χ0v) is 14.7. The first kappa shape index (κ1) is 17.8. The van der Waals surface area contributed by atoms with Gasteiger partial charge in [0.05, 0.1) is 10.8 Å². The van der Waals surface area contributed by atoms with Crippen LogP contribution in [0.2, 0.25) is 0 Å². The number of carbonyl (C=O) groups is 2. The number of esters is 1. The molecule has 1 atom stereocenters. The minimum Gasteiger partial charge on any atom is -0.486 e. The molecule has 0 unspecified atom stereocenters. The molecule has 0 aromatic heterocycles. The Hall–Kier alpha value is -3.62. The summed E-state index contributed by atoms with van der Waals surface area (Å²) in [5, 5.41) is 10.7. The molecule has 2 heterocycles. The van der Waals surface area contributed by atoms with E-state index in [9.17, 15) is 19.7 Å². The summed E-state index contributed by atoms with van der Waals surface area (Å²) < 4.78 is 16.3. The van der Waals surface area contributed by atoms with Gasteiger partial charge in [-0.15, -0.1) is 0 Å². The molecule has 4 rings (SSSR count). The number of fused-ring (bicyclic) bond motifs is 1. The molecule has 9 nitrogen and oxygen atoms in total. The third-order valence-electron chi connectivity index (χ3n) is 4.56. The van der Waals surface area contributed by atoms with Crippen LogP contribution < -0.4 is 19.1 Å². The fourth-order valence-electron chi connectivity index (χ4n) is 3.15. The molecule has 0 radical (unpaired) electrons. The van der Waals surface area contributed by atoms with Gasteiger partial charge in [-0.2, -0.15) is 0 Å². The number of nitrogens with zero attached hydrogens (tertiary/aromatic N) is 2. The lowest BCUT2D eigenvalue weighted by atomic mass is 10.1. The van der Waals surface area contributed by atoms with Gasteiger partial charge in [0.15, 0.2) is 11.5 Å². The molecule has 0 aliphatic carbocycles. The first-order chi connectivity index (χ1) is 13.5. The lowest BCUT2D eigenvalue weighted by molar-refractivity contribution is -0.384. The summed E-state index contributed by atoms with van der Waals surface area (Å²) >= 11 is 0. The average molecular weight is 384 g/mol. The van der Waals surface area contributed by atoms with Crippen molar-refractivity contribution in [3.63, 3.8) is 0 Å². The molecule has 1 saturated heterocycles. The van der Waals surface area contributed by atoms with Gasteiger partial charge in [0, 0.05) is 36.9 Å². The predicted molar refractivity (Wildman–Crippen MR) is 96.6 cm³/mol. The summed E-state index contributed by atoms with van der Waals surface area (Å²) in [6.07, 6.45) is 0.0280. The molecule has 0 bridgehead atoms. The number of nitro groups is 1. The van der Waals surface area contributed by atoms with E-state index in [1.807, 2.05) is 0 Å². The molecule has 1 amide bonds. The summed E-state index contributed by atoms with van der Waals surface area (Å²) in [6.45, 7) is 1.10. The molecular weight excluding hydrogens is 368 g/mol. The Balaban J connectivity index is 1.44. The summed E-state index contributed by atoms with van der Waals surface area (Å²) in [4.78, 5) is 36.5. The minimum absolute atomic E-state index is 0.0280. The number of hydrogen-bond acceptors (Lipinski definition) is 7. The van der Waals surface area contributed by atoms with Crippen molar-refractivity contribution in [2.45, 2.75) is 6.42 Å². The Morgan fingerprint density at radius 2 is 1.82 bits per heavy atom. The summed E-state index contributed by atoms with van der Waals surface area (Å²) in [5.41, 5.74) is 0.528. The van der Waals surface area contributed by atoms with Crippen molar-refractivity contribution < 1.29 is 28.7 Å². The third kappa shape index (κ3) is 3.46. The number of amides is 1. The zero-order chi connectivity index (χ0) is 19.7. The Kier molecular flexibility index (Phi) is 4.56. The van der Waals surface area contributed by atoms with Gasteiger partial charge >= 0.3 is 5.97 Å². The molecule has 9 heteroatoms. The van der Waals surface area contributed by atoms with Crippen molar-refractivity contribution in [1.29, 1.82) is 0 Å². The average Bonchev–Trinajstić information content (AvgIpc) is 3.10. The van der Waals surface area contributed by atoms with Crippen LogP contribution in [0, 0.1) is 16.0 Å². The first-order valence-electron chi connectivity index (χ1n) is 8.67. The van der Waals surface area contributed by atoms with Crippen LogP contribution in [0.5, 0.6) is 17.2 Å². The molecule has 2 aromatic rings. The molecule has 2 aromatic carbocycles. The topological polar surface area (TPSA) is 108 Å². The number of hydrogen-bond donors (Lipinski definition) is 0. The Labute approximate surface area is 159 Å². The quantitative estimate of drug-likeness (QED) is 0.344. The van der Waals surface area contributed by atoms with Crippen LogP contribution in [-0.4, -0.2) is 36.6 Å². The van der Waals surface area contributed by atoms with E-state index in [-0.39, 0.29) is 30.3 Å². The van der Waals surface area contributed by atoms with Gasteiger partial charge in [-0.1, -0.05) is 0 Å². The van der Waals surface area contributed by atoms with Crippen molar-refractivity contribution in [3.8, 4) is 17.2 Å². The molecule has 2 aliphatic heterocycles. The van der Waals surface area contributed by atoms with Gasteiger partial charge in [0.2, 0.25) is 5.91 Å². The molecule has 1 fully saturated rings. The van der Waals surface area contributed by atoms with Gasteiger partial charge in [0.25, 0.3) is 5.69 Å². The third-order valence-corrected chi connectivity index (χ3v) is 4.56. The molecule has 144 valence electrons.